The van der Waals surface area contributed by atoms with Crippen LogP contribution in [0.15, 0.2) is 54.6 Å². The van der Waals surface area contributed by atoms with Crippen LogP contribution in [-0.2, 0) is 9.53 Å². The van der Waals surface area contributed by atoms with E-state index >= 15 is 0 Å². The second-order valence-corrected chi connectivity index (χ2v) is 6.61. The van der Waals surface area contributed by atoms with E-state index in [9.17, 15) is 14.4 Å². The number of esters is 1. The number of nitrogens with one attached hydrogen (secondary N) is 3. The third-order valence-corrected chi connectivity index (χ3v) is 4.18. The van der Waals surface area contributed by atoms with Gasteiger partial charge in [-0.05, 0) is 67.8 Å². The zero-order valence-electron chi connectivity index (χ0n) is 16.1. The van der Waals surface area contributed by atoms with Gasteiger partial charge in [0.15, 0.2) is 0 Å². The Morgan fingerprint density at radius 2 is 1.59 bits per heavy atom. The highest BCUT2D eigenvalue weighted by Gasteiger charge is 2.23. The van der Waals surface area contributed by atoms with E-state index in [0.717, 1.165) is 18.4 Å². The van der Waals surface area contributed by atoms with Crippen molar-refractivity contribution in [3.8, 4) is 0 Å². The van der Waals surface area contributed by atoms with E-state index in [1.54, 1.807) is 61.5 Å². The summed E-state index contributed by atoms with van der Waals surface area (Å²) in [6, 6.07) is 13.8. The van der Waals surface area contributed by atoms with Crippen LogP contribution >= 0.6 is 0 Å². The fourth-order valence-electron chi connectivity index (χ4n) is 2.52. The maximum Gasteiger partial charge on any atom is 0.330 e. The van der Waals surface area contributed by atoms with E-state index in [-0.39, 0.29) is 18.0 Å². The number of rotatable bonds is 7. The maximum atomic E-state index is 12.4. The first-order valence-corrected chi connectivity index (χ1v) is 9.47. The molecule has 1 saturated carbocycles. The number of carbonyl (C=O) groups excluding carboxylic acids is 3. The highest BCUT2D eigenvalue weighted by atomic mass is 16.5. The first-order valence-electron chi connectivity index (χ1n) is 9.47. The predicted octanol–water partition coefficient (Wildman–Crippen LogP) is 3.80. The largest absolute Gasteiger partial charge is 0.463 e. The molecule has 1 aliphatic carbocycles. The lowest BCUT2D eigenvalue weighted by Gasteiger charge is -2.08. The van der Waals surface area contributed by atoms with Crippen molar-refractivity contribution in [2.24, 2.45) is 0 Å². The molecule has 0 aromatic heterocycles. The van der Waals surface area contributed by atoms with Crippen LogP contribution < -0.4 is 16.0 Å². The Bertz CT molecular complexity index is 901. The van der Waals surface area contributed by atoms with Gasteiger partial charge in [0, 0.05) is 29.1 Å². The molecule has 29 heavy (non-hydrogen) atoms. The molecule has 0 aliphatic heterocycles. The molecule has 0 saturated heterocycles. The summed E-state index contributed by atoms with van der Waals surface area (Å²) < 4.78 is 4.83. The van der Waals surface area contributed by atoms with Gasteiger partial charge in [0.2, 0.25) is 0 Å². The summed E-state index contributed by atoms with van der Waals surface area (Å²) in [6.45, 7) is 2.08. The Balaban J connectivity index is 1.52. The Morgan fingerprint density at radius 1 is 0.966 bits per heavy atom. The highest BCUT2D eigenvalue weighted by molar-refractivity contribution is 6.04. The summed E-state index contributed by atoms with van der Waals surface area (Å²) in [5, 5.41) is 8.39. The topological polar surface area (TPSA) is 96.5 Å². The molecule has 7 heteroatoms. The van der Waals surface area contributed by atoms with Crippen LogP contribution in [0.2, 0.25) is 0 Å². The van der Waals surface area contributed by atoms with Gasteiger partial charge in [-0.15, -0.1) is 0 Å². The smallest absolute Gasteiger partial charge is 0.330 e. The van der Waals surface area contributed by atoms with E-state index in [2.05, 4.69) is 16.0 Å². The van der Waals surface area contributed by atoms with Crippen molar-refractivity contribution < 1.29 is 19.1 Å². The second kappa shape index (κ2) is 9.54. The summed E-state index contributed by atoms with van der Waals surface area (Å²) >= 11 is 0. The highest BCUT2D eigenvalue weighted by Crippen LogP contribution is 2.19. The molecule has 150 valence electrons. The summed E-state index contributed by atoms with van der Waals surface area (Å²) in [6.07, 6.45) is 5.05. The van der Waals surface area contributed by atoms with E-state index in [1.165, 1.54) is 6.08 Å². The van der Waals surface area contributed by atoms with Crippen molar-refractivity contribution in [2.45, 2.75) is 25.8 Å². The minimum absolute atomic E-state index is 0.234. The van der Waals surface area contributed by atoms with Crippen molar-refractivity contribution in [2.75, 3.05) is 17.2 Å². The van der Waals surface area contributed by atoms with Gasteiger partial charge in [0.05, 0.1) is 6.61 Å². The third kappa shape index (κ3) is 6.49. The fraction of sp³-hybridized carbons (Fsp3) is 0.227. The van der Waals surface area contributed by atoms with E-state index in [0.29, 0.717) is 23.5 Å². The average Bonchev–Trinajstić information content (AvgIpc) is 3.52. The van der Waals surface area contributed by atoms with Crippen molar-refractivity contribution in [3.63, 3.8) is 0 Å². The zero-order valence-corrected chi connectivity index (χ0v) is 16.1. The first-order chi connectivity index (χ1) is 14.0. The van der Waals surface area contributed by atoms with Crippen molar-refractivity contribution >= 4 is 35.4 Å². The lowest BCUT2D eigenvalue weighted by Crippen LogP contribution is -2.30. The number of amides is 3. The number of benzene rings is 2. The Labute approximate surface area is 169 Å². The molecule has 0 bridgehead atoms. The lowest BCUT2D eigenvalue weighted by atomic mass is 10.1. The molecular formula is C22H23N3O4. The summed E-state index contributed by atoms with van der Waals surface area (Å²) in [5.74, 6) is -0.651. The normalized spacial score (nSPS) is 13.0. The van der Waals surface area contributed by atoms with Crippen LogP contribution in [0.25, 0.3) is 6.08 Å². The van der Waals surface area contributed by atoms with Crippen molar-refractivity contribution in [1.82, 2.24) is 5.32 Å². The summed E-state index contributed by atoms with van der Waals surface area (Å²) in [5.41, 5.74) is 2.55. The van der Waals surface area contributed by atoms with Gasteiger partial charge < -0.3 is 20.7 Å². The fourth-order valence-corrected chi connectivity index (χ4v) is 2.52. The van der Waals surface area contributed by atoms with Gasteiger partial charge in [0.25, 0.3) is 5.91 Å². The molecule has 1 aliphatic rings. The van der Waals surface area contributed by atoms with E-state index in [4.69, 9.17) is 4.74 Å². The molecule has 0 atom stereocenters. The molecule has 3 rings (SSSR count). The van der Waals surface area contributed by atoms with E-state index in [1.807, 2.05) is 0 Å². The van der Waals surface area contributed by atoms with Crippen LogP contribution in [0, 0.1) is 0 Å². The summed E-state index contributed by atoms with van der Waals surface area (Å²) in [7, 11) is 0. The van der Waals surface area contributed by atoms with Gasteiger partial charge in [-0.25, -0.2) is 9.59 Å². The van der Waals surface area contributed by atoms with Gasteiger partial charge in [-0.3, -0.25) is 4.79 Å². The number of carbonyl (C=O) groups is 3. The standard InChI is InChI=1S/C22H23N3O4/c1-2-29-20(26)14-5-15-3-8-17(9-4-15)23-21(27)16-6-10-18(11-7-16)24-22(28)25-19-12-13-19/h3-11,14,19H,2,12-13H2,1H3,(H,23,27)(H2,24,25,28)/b14-5+. The molecule has 0 spiro atoms. The number of hydrogen-bond donors (Lipinski definition) is 3. The Hall–Kier alpha value is -3.61. The quantitative estimate of drug-likeness (QED) is 0.492. The number of ether oxygens (including phenoxy) is 1. The Kier molecular flexibility index (Phi) is 6.63. The second-order valence-electron chi connectivity index (χ2n) is 6.61. The van der Waals surface area contributed by atoms with Crippen molar-refractivity contribution in [1.29, 1.82) is 0 Å². The molecular weight excluding hydrogens is 370 g/mol. The average molecular weight is 393 g/mol. The van der Waals surface area contributed by atoms with Crippen LogP contribution in [0.1, 0.15) is 35.7 Å². The maximum absolute atomic E-state index is 12.4. The number of hydrogen-bond acceptors (Lipinski definition) is 4. The minimum atomic E-state index is -0.396. The van der Waals surface area contributed by atoms with Gasteiger partial charge >= 0.3 is 12.0 Å². The molecule has 0 heterocycles. The number of urea groups is 1. The van der Waals surface area contributed by atoms with Crippen LogP contribution in [0.5, 0.6) is 0 Å². The van der Waals surface area contributed by atoms with Gasteiger partial charge in [0.1, 0.15) is 0 Å². The molecule has 1 fully saturated rings. The van der Waals surface area contributed by atoms with Crippen LogP contribution in [-0.4, -0.2) is 30.6 Å². The minimum Gasteiger partial charge on any atom is -0.463 e. The molecule has 0 unspecified atom stereocenters. The molecule has 2 aromatic rings. The van der Waals surface area contributed by atoms with Crippen LogP contribution in [0.4, 0.5) is 16.2 Å². The monoisotopic (exact) mass is 393 g/mol. The Morgan fingerprint density at radius 3 is 2.21 bits per heavy atom. The first kappa shape index (κ1) is 20.1. The molecule has 7 nitrogen and oxygen atoms in total. The predicted molar refractivity (Wildman–Crippen MR) is 112 cm³/mol. The molecule has 0 radical (unpaired) electrons. The zero-order chi connectivity index (χ0) is 20.6. The molecule has 3 N–H and O–H groups in total. The van der Waals surface area contributed by atoms with Gasteiger partial charge in [-0.1, -0.05) is 12.1 Å². The van der Waals surface area contributed by atoms with Crippen LogP contribution in [0.3, 0.4) is 0 Å². The SMILES string of the molecule is CCOC(=O)/C=C/c1ccc(NC(=O)c2ccc(NC(=O)NC3CC3)cc2)cc1. The number of anilines is 2. The molecule has 3 amide bonds. The van der Waals surface area contributed by atoms with Gasteiger partial charge in [-0.2, -0.15) is 0 Å². The lowest BCUT2D eigenvalue weighted by molar-refractivity contribution is -0.137. The van der Waals surface area contributed by atoms with E-state index < -0.39 is 5.97 Å². The summed E-state index contributed by atoms with van der Waals surface area (Å²) in [4.78, 5) is 35.4. The third-order valence-electron chi connectivity index (χ3n) is 4.18. The van der Waals surface area contributed by atoms with Crippen molar-refractivity contribution in [3.05, 3.63) is 65.7 Å². The molecule has 2 aromatic carbocycles.